The molecular formula is C15H27NO4S. The third-order valence-corrected chi connectivity index (χ3v) is 5.58. The molecule has 0 aromatic carbocycles. The molecular weight excluding hydrogens is 290 g/mol. The fourth-order valence-corrected chi connectivity index (χ4v) is 3.77. The van der Waals surface area contributed by atoms with Crippen LogP contribution < -0.4 is 0 Å². The van der Waals surface area contributed by atoms with E-state index in [0.717, 1.165) is 5.76 Å². The number of nitrogens with zero attached hydrogens (tertiary/aromatic N) is 1. The lowest BCUT2D eigenvalue weighted by atomic mass is 9.94. The zero-order chi connectivity index (χ0) is 15.8. The van der Waals surface area contributed by atoms with Gasteiger partial charge in [-0.05, 0) is 11.5 Å². The molecule has 2 heterocycles. The highest BCUT2D eigenvalue weighted by Gasteiger charge is 2.43. The van der Waals surface area contributed by atoms with Gasteiger partial charge in [0.15, 0.2) is 0 Å². The number of ether oxygens (including phenoxy) is 2. The molecule has 5 nitrogen and oxygen atoms in total. The Balaban J connectivity index is 2.15. The molecule has 0 aliphatic carbocycles. The van der Waals surface area contributed by atoms with E-state index in [1.807, 2.05) is 0 Å². The number of sulfonamides is 1. The molecule has 2 aliphatic heterocycles. The van der Waals surface area contributed by atoms with Crippen LogP contribution in [0.25, 0.3) is 0 Å². The summed E-state index contributed by atoms with van der Waals surface area (Å²) in [5, 5.41) is 0. The van der Waals surface area contributed by atoms with Crippen LogP contribution in [0.2, 0.25) is 0 Å². The van der Waals surface area contributed by atoms with Crippen molar-refractivity contribution in [3.05, 3.63) is 11.3 Å². The van der Waals surface area contributed by atoms with Crippen molar-refractivity contribution in [1.82, 2.24) is 4.31 Å². The summed E-state index contributed by atoms with van der Waals surface area (Å²) in [5.74, 6) is 1.11. The lowest BCUT2D eigenvalue weighted by Gasteiger charge is -2.45. The van der Waals surface area contributed by atoms with E-state index in [9.17, 15) is 8.42 Å². The van der Waals surface area contributed by atoms with Crippen LogP contribution in [0.15, 0.2) is 11.3 Å². The Hall–Kier alpha value is -0.590. The molecule has 2 aliphatic rings. The van der Waals surface area contributed by atoms with E-state index in [-0.39, 0.29) is 0 Å². The van der Waals surface area contributed by atoms with Crippen LogP contribution in [0.3, 0.4) is 0 Å². The van der Waals surface area contributed by atoms with Gasteiger partial charge in [-0.25, -0.2) is 12.7 Å². The number of piperidine rings is 1. The Labute approximate surface area is 128 Å². The summed E-state index contributed by atoms with van der Waals surface area (Å²) < 4.78 is 37.0. The van der Waals surface area contributed by atoms with Gasteiger partial charge in [-0.1, -0.05) is 27.7 Å². The number of hydrogen-bond acceptors (Lipinski definition) is 4. The molecule has 0 radical (unpaired) electrons. The lowest BCUT2D eigenvalue weighted by Crippen LogP contribution is -2.51. The fraction of sp³-hybridized carbons (Fsp3) is 0.867. The van der Waals surface area contributed by atoms with Gasteiger partial charge in [0.25, 0.3) is 0 Å². The minimum absolute atomic E-state index is 0.316. The van der Waals surface area contributed by atoms with E-state index < -0.39 is 15.8 Å². The van der Waals surface area contributed by atoms with Crippen LogP contribution >= 0.6 is 0 Å². The maximum atomic E-state index is 11.6. The summed E-state index contributed by atoms with van der Waals surface area (Å²) in [6.07, 6.45) is 2.42. The van der Waals surface area contributed by atoms with Gasteiger partial charge in [-0.3, -0.25) is 0 Å². The zero-order valence-corrected chi connectivity index (χ0v) is 14.5. The van der Waals surface area contributed by atoms with Gasteiger partial charge in [-0.15, -0.1) is 0 Å². The Morgan fingerprint density at radius 2 is 1.67 bits per heavy atom. The summed E-state index contributed by atoms with van der Waals surface area (Å²) in [7, 11) is -3.13. The first-order valence-electron chi connectivity index (χ1n) is 7.66. The lowest BCUT2D eigenvalue weighted by molar-refractivity contribution is -0.247. The third kappa shape index (κ3) is 3.60. The van der Waals surface area contributed by atoms with E-state index in [1.165, 1.54) is 16.1 Å². The molecule has 1 spiro atoms. The summed E-state index contributed by atoms with van der Waals surface area (Å²) in [6, 6.07) is 0. The second-order valence-corrected chi connectivity index (χ2v) is 8.64. The van der Waals surface area contributed by atoms with E-state index in [2.05, 4.69) is 27.7 Å². The first-order valence-corrected chi connectivity index (χ1v) is 9.50. The van der Waals surface area contributed by atoms with Crippen molar-refractivity contribution in [3.8, 4) is 0 Å². The number of hydrogen-bond donors (Lipinski definition) is 0. The van der Waals surface area contributed by atoms with Crippen molar-refractivity contribution < 1.29 is 17.9 Å². The summed E-state index contributed by atoms with van der Waals surface area (Å²) in [6.45, 7) is 10.1. The van der Waals surface area contributed by atoms with Gasteiger partial charge in [-0.2, -0.15) is 0 Å². The van der Waals surface area contributed by atoms with Crippen LogP contribution in [0.4, 0.5) is 0 Å². The normalized spacial score (nSPS) is 24.0. The Kier molecular flexibility index (Phi) is 4.71. The molecule has 1 saturated heterocycles. The second-order valence-electron chi connectivity index (χ2n) is 6.66. The highest BCUT2D eigenvalue weighted by Crippen LogP contribution is 2.39. The van der Waals surface area contributed by atoms with Crippen molar-refractivity contribution in [2.75, 3.05) is 26.0 Å². The molecule has 0 N–H and O–H groups in total. The summed E-state index contributed by atoms with van der Waals surface area (Å²) in [5.41, 5.74) is 1.22. The minimum Gasteiger partial charge on any atom is -0.466 e. The topological polar surface area (TPSA) is 55.8 Å². The van der Waals surface area contributed by atoms with Crippen LogP contribution in [0.5, 0.6) is 0 Å². The Morgan fingerprint density at radius 1 is 1.10 bits per heavy atom. The SMILES string of the molecule is CC(C)C1=C(C(C)C)OC2(CCN(S(C)(=O)=O)CC2)OC1. The monoisotopic (exact) mass is 317 g/mol. The molecule has 0 unspecified atom stereocenters. The van der Waals surface area contributed by atoms with E-state index in [4.69, 9.17) is 9.47 Å². The van der Waals surface area contributed by atoms with Gasteiger partial charge >= 0.3 is 0 Å². The van der Waals surface area contributed by atoms with Crippen LogP contribution in [0, 0.1) is 11.8 Å². The van der Waals surface area contributed by atoms with Crippen molar-refractivity contribution in [3.63, 3.8) is 0 Å². The van der Waals surface area contributed by atoms with Crippen molar-refractivity contribution in [2.45, 2.75) is 46.3 Å². The molecule has 122 valence electrons. The summed E-state index contributed by atoms with van der Waals surface area (Å²) >= 11 is 0. The molecule has 1 fully saturated rings. The average Bonchev–Trinajstić information content (AvgIpc) is 2.37. The minimum atomic E-state index is -3.13. The van der Waals surface area contributed by atoms with Crippen molar-refractivity contribution in [2.24, 2.45) is 11.8 Å². The number of rotatable bonds is 3. The van der Waals surface area contributed by atoms with Gasteiger partial charge in [0.2, 0.25) is 15.8 Å². The average molecular weight is 317 g/mol. The van der Waals surface area contributed by atoms with Crippen LogP contribution in [0.1, 0.15) is 40.5 Å². The van der Waals surface area contributed by atoms with Gasteiger partial charge in [0.05, 0.1) is 12.9 Å². The second kappa shape index (κ2) is 5.89. The largest absolute Gasteiger partial charge is 0.466 e. The molecule has 0 bridgehead atoms. The maximum Gasteiger partial charge on any atom is 0.212 e. The predicted octanol–water partition coefficient (Wildman–Crippen LogP) is 2.35. The molecule has 0 atom stereocenters. The smallest absolute Gasteiger partial charge is 0.212 e. The van der Waals surface area contributed by atoms with Crippen molar-refractivity contribution in [1.29, 1.82) is 0 Å². The predicted molar refractivity (Wildman–Crippen MR) is 82.1 cm³/mol. The fourth-order valence-electron chi connectivity index (χ4n) is 2.92. The van der Waals surface area contributed by atoms with Crippen molar-refractivity contribution >= 4 is 10.0 Å². The Morgan fingerprint density at radius 3 is 2.10 bits per heavy atom. The molecule has 6 heteroatoms. The van der Waals surface area contributed by atoms with E-state index in [1.54, 1.807) is 0 Å². The highest BCUT2D eigenvalue weighted by molar-refractivity contribution is 7.88. The van der Waals surface area contributed by atoms with Gasteiger partial charge in [0, 0.05) is 31.8 Å². The number of allylic oxidation sites excluding steroid dienone is 1. The molecule has 0 amide bonds. The maximum absolute atomic E-state index is 11.6. The van der Waals surface area contributed by atoms with Crippen LogP contribution in [-0.2, 0) is 19.5 Å². The van der Waals surface area contributed by atoms with Gasteiger partial charge in [0.1, 0.15) is 5.76 Å². The van der Waals surface area contributed by atoms with Gasteiger partial charge < -0.3 is 9.47 Å². The molecule has 21 heavy (non-hydrogen) atoms. The standard InChI is InChI=1S/C15H27NO4S/c1-11(2)13-10-19-15(20-14(13)12(3)4)6-8-16(9-7-15)21(5,17)18/h11-12H,6-10H2,1-5H3. The first kappa shape index (κ1) is 16.8. The molecule has 0 aromatic heterocycles. The first-order chi connectivity index (χ1) is 9.65. The highest BCUT2D eigenvalue weighted by atomic mass is 32.2. The molecule has 0 aromatic rings. The Bertz CT molecular complexity index is 514. The van der Waals surface area contributed by atoms with E-state index in [0.29, 0.717) is 44.4 Å². The zero-order valence-electron chi connectivity index (χ0n) is 13.7. The third-order valence-electron chi connectivity index (χ3n) is 4.28. The van der Waals surface area contributed by atoms with E-state index >= 15 is 0 Å². The summed E-state index contributed by atoms with van der Waals surface area (Å²) in [4.78, 5) is 0. The quantitative estimate of drug-likeness (QED) is 0.802. The van der Waals surface area contributed by atoms with Crippen LogP contribution in [-0.4, -0.2) is 44.5 Å². The molecule has 0 saturated carbocycles. The molecule has 2 rings (SSSR count).